The van der Waals surface area contributed by atoms with Gasteiger partial charge in [-0.15, -0.1) is 0 Å². The van der Waals surface area contributed by atoms with Crippen molar-refractivity contribution in [2.45, 2.75) is 19.4 Å². The molecule has 0 fully saturated rings. The van der Waals surface area contributed by atoms with Crippen LogP contribution in [0.5, 0.6) is 0 Å². The van der Waals surface area contributed by atoms with Crippen molar-refractivity contribution < 1.29 is 5.11 Å². The Bertz CT molecular complexity index is 384. The number of pyridine rings is 1. The summed E-state index contributed by atoms with van der Waals surface area (Å²) < 4.78 is 0. The first-order chi connectivity index (χ1) is 7.29. The molecule has 4 N–H and O–H groups in total. The molecule has 0 aliphatic rings. The molecule has 0 aromatic carbocycles. The number of anilines is 1. The summed E-state index contributed by atoms with van der Waals surface area (Å²) in [4.78, 5) is 6.05. The van der Waals surface area contributed by atoms with Gasteiger partial charge in [0.15, 0.2) is 0 Å². The Kier molecular flexibility index (Phi) is 3.49. The fraction of sp³-hybridized carbons (Fsp3) is 0.455. The van der Waals surface area contributed by atoms with E-state index in [1.807, 2.05) is 18.0 Å². The highest BCUT2D eigenvalue weighted by molar-refractivity contribution is 5.93. The molecule has 0 aliphatic carbocycles. The molecule has 0 unspecified atom stereocenters. The maximum absolute atomic E-state index is 9.69. The fourth-order valence-corrected chi connectivity index (χ4v) is 1.45. The van der Waals surface area contributed by atoms with E-state index < -0.39 is 5.60 Å². The number of nitrogens with one attached hydrogen (secondary N) is 1. The molecule has 5 heteroatoms. The number of nitrogens with zero attached hydrogens (tertiary/aromatic N) is 2. The topological polar surface area (TPSA) is 86.2 Å². The lowest BCUT2D eigenvalue weighted by atomic mass is 10.1. The molecule has 88 valence electrons. The van der Waals surface area contributed by atoms with Crippen LogP contribution < -0.4 is 10.6 Å². The van der Waals surface area contributed by atoms with Crippen molar-refractivity contribution in [3.05, 3.63) is 23.9 Å². The number of aliphatic hydroxyl groups is 1. The molecule has 0 amide bonds. The van der Waals surface area contributed by atoms with Gasteiger partial charge in [0.1, 0.15) is 17.3 Å². The third kappa shape index (κ3) is 3.51. The zero-order valence-corrected chi connectivity index (χ0v) is 9.86. The van der Waals surface area contributed by atoms with Gasteiger partial charge >= 0.3 is 0 Å². The summed E-state index contributed by atoms with van der Waals surface area (Å²) in [6.07, 6.45) is 0. The third-order valence-corrected chi connectivity index (χ3v) is 2.03. The largest absolute Gasteiger partial charge is 0.389 e. The van der Waals surface area contributed by atoms with Crippen molar-refractivity contribution in [2.75, 3.05) is 18.5 Å². The molecule has 1 aromatic heterocycles. The maximum Gasteiger partial charge on any atom is 0.141 e. The van der Waals surface area contributed by atoms with E-state index in [1.165, 1.54) is 0 Å². The van der Waals surface area contributed by atoms with E-state index in [2.05, 4.69) is 4.98 Å². The van der Waals surface area contributed by atoms with Gasteiger partial charge in [-0.3, -0.25) is 5.41 Å². The lowest BCUT2D eigenvalue weighted by Crippen LogP contribution is -2.36. The van der Waals surface area contributed by atoms with Crippen molar-refractivity contribution in [1.82, 2.24) is 4.98 Å². The average Bonchev–Trinajstić information content (AvgIpc) is 2.15. The first kappa shape index (κ1) is 12.4. The summed E-state index contributed by atoms with van der Waals surface area (Å²) in [5.74, 6) is 0.633. The smallest absolute Gasteiger partial charge is 0.141 e. The second kappa shape index (κ2) is 4.49. The normalized spacial score (nSPS) is 11.2. The Hall–Kier alpha value is -1.62. The minimum atomic E-state index is -0.789. The van der Waals surface area contributed by atoms with E-state index in [0.717, 1.165) is 0 Å². The molecule has 0 spiro atoms. The molecule has 1 rings (SSSR count). The van der Waals surface area contributed by atoms with Gasteiger partial charge in [-0.05, 0) is 26.0 Å². The molecular weight excluding hydrogens is 204 g/mol. The van der Waals surface area contributed by atoms with Crippen LogP contribution in [-0.2, 0) is 0 Å². The number of likely N-dealkylation sites (N-methyl/N-ethyl adjacent to an activating group) is 1. The fourth-order valence-electron chi connectivity index (χ4n) is 1.45. The molecule has 1 aromatic rings. The second-order valence-electron chi connectivity index (χ2n) is 4.46. The van der Waals surface area contributed by atoms with Crippen molar-refractivity contribution in [1.29, 1.82) is 5.41 Å². The molecular formula is C11H18N4O. The van der Waals surface area contributed by atoms with E-state index in [0.29, 0.717) is 18.1 Å². The Morgan fingerprint density at radius 1 is 1.56 bits per heavy atom. The predicted octanol–water partition coefficient (Wildman–Crippen LogP) is 0.573. The molecule has 0 atom stereocenters. The number of aromatic nitrogens is 1. The number of hydrogen-bond donors (Lipinski definition) is 3. The van der Waals surface area contributed by atoms with E-state index in [9.17, 15) is 5.11 Å². The highest BCUT2D eigenvalue weighted by Crippen LogP contribution is 2.13. The van der Waals surface area contributed by atoms with Crippen molar-refractivity contribution >= 4 is 11.7 Å². The summed E-state index contributed by atoms with van der Waals surface area (Å²) in [5, 5.41) is 17.0. The van der Waals surface area contributed by atoms with Crippen LogP contribution in [-0.4, -0.2) is 35.1 Å². The highest BCUT2D eigenvalue weighted by Gasteiger charge is 2.16. The molecule has 0 radical (unpaired) electrons. The Labute approximate surface area is 95.4 Å². The first-order valence-corrected chi connectivity index (χ1v) is 5.04. The quantitative estimate of drug-likeness (QED) is 0.513. The number of rotatable bonds is 4. The van der Waals surface area contributed by atoms with Gasteiger partial charge in [-0.2, -0.15) is 0 Å². The Balaban J connectivity index is 2.87. The molecule has 1 heterocycles. The minimum Gasteiger partial charge on any atom is -0.389 e. The van der Waals surface area contributed by atoms with Crippen LogP contribution in [0.25, 0.3) is 0 Å². The van der Waals surface area contributed by atoms with Gasteiger partial charge in [-0.25, -0.2) is 4.98 Å². The second-order valence-corrected chi connectivity index (χ2v) is 4.46. The van der Waals surface area contributed by atoms with Gasteiger partial charge in [0, 0.05) is 13.6 Å². The number of nitrogen functional groups attached to an aromatic ring is 1. The zero-order chi connectivity index (χ0) is 12.3. The average molecular weight is 222 g/mol. The monoisotopic (exact) mass is 222 g/mol. The predicted molar refractivity (Wildman–Crippen MR) is 64.8 cm³/mol. The van der Waals surface area contributed by atoms with E-state index in [1.54, 1.807) is 26.0 Å². The van der Waals surface area contributed by atoms with E-state index >= 15 is 0 Å². The molecule has 0 aliphatic heterocycles. The zero-order valence-electron chi connectivity index (χ0n) is 9.86. The summed E-state index contributed by atoms with van der Waals surface area (Å²) in [6, 6.07) is 5.29. The van der Waals surface area contributed by atoms with Crippen LogP contribution in [0, 0.1) is 5.41 Å². The minimum absolute atomic E-state index is 0.0569. The van der Waals surface area contributed by atoms with Crippen LogP contribution in [0.2, 0.25) is 0 Å². The lowest BCUT2D eigenvalue weighted by molar-refractivity contribution is 0.0884. The molecule has 0 bridgehead atoms. The molecule has 0 saturated heterocycles. The SMILES string of the molecule is CN(CC(C)(C)O)c1cccc(C(=N)N)n1. The van der Waals surface area contributed by atoms with Crippen molar-refractivity contribution in [2.24, 2.45) is 5.73 Å². The summed E-state index contributed by atoms with van der Waals surface area (Å²) in [6.45, 7) is 3.93. The third-order valence-electron chi connectivity index (χ3n) is 2.03. The Morgan fingerprint density at radius 3 is 2.69 bits per heavy atom. The standard InChI is InChI=1S/C11H18N4O/c1-11(2,16)7-15(3)9-6-4-5-8(14-9)10(12)13/h4-6,16H,7H2,1-3H3,(H3,12,13). The van der Waals surface area contributed by atoms with Gasteiger partial charge in [-0.1, -0.05) is 6.07 Å². The summed E-state index contributed by atoms with van der Waals surface area (Å²) in [5.41, 5.74) is 5.02. The van der Waals surface area contributed by atoms with Crippen LogP contribution in [0.1, 0.15) is 19.5 Å². The number of amidine groups is 1. The van der Waals surface area contributed by atoms with Gasteiger partial charge < -0.3 is 15.7 Å². The first-order valence-electron chi connectivity index (χ1n) is 5.04. The van der Waals surface area contributed by atoms with Crippen LogP contribution in [0.4, 0.5) is 5.82 Å². The maximum atomic E-state index is 9.69. The van der Waals surface area contributed by atoms with E-state index in [4.69, 9.17) is 11.1 Å². The van der Waals surface area contributed by atoms with E-state index in [-0.39, 0.29) is 5.84 Å². The molecule has 16 heavy (non-hydrogen) atoms. The number of nitrogens with two attached hydrogens (primary N) is 1. The van der Waals surface area contributed by atoms with Gasteiger partial charge in [0.05, 0.1) is 5.60 Å². The summed E-state index contributed by atoms with van der Waals surface area (Å²) >= 11 is 0. The Morgan fingerprint density at radius 2 is 2.19 bits per heavy atom. The van der Waals surface area contributed by atoms with Crippen LogP contribution in [0.3, 0.4) is 0 Å². The lowest BCUT2D eigenvalue weighted by Gasteiger charge is -2.26. The van der Waals surface area contributed by atoms with Crippen LogP contribution >= 0.6 is 0 Å². The van der Waals surface area contributed by atoms with Gasteiger partial charge in [0.2, 0.25) is 0 Å². The van der Waals surface area contributed by atoms with Crippen molar-refractivity contribution in [3.8, 4) is 0 Å². The highest BCUT2D eigenvalue weighted by atomic mass is 16.3. The van der Waals surface area contributed by atoms with Crippen LogP contribution in [0.15, 0.2) is 18.2 Å². The van der Waals surface area contributed by atoms with Gasteiger partial charge in [0.25, 0.3) is 0 Å². The number of hydrogen-bond acceptors (Lipinski definition) is 4. The van der Waals surface area contributed by atoms with Crippen molar-refractivity contribution in [3.63, 3.8) is 0 Å². The molecule has 5 nitrogen and oxygen atoms in total. The molecule has 0 saturated carbocycles. The summed E-state index contributed by atoms with van der Waals surface area (Å²) in [7, 11) is 1.84.